The van der Waals surface area contributed by atoms with Crippen molar-refractivity contribution in [2.75, 3.05) is 63.9 Å². The number of aromatic nitrogens is 5. The average Bonchev–Trinajstić information content (AvgIpc) is 3.29. The van der Waals surface area contributed by atoms with E-state index in [0.29, 0.717) is 62.9 Å². The van der Waals surface area contributed by atoms with Crippen molar-refractivity contribution in [1.29, 1.82) is 0 Å². The summed E-state index contributed by atoms with van der Waals surface area (Å²) in [5.74, 6) is 1.40. The molecular formula is C25H34N8O4. The minimum Gasteiger partial charge on any atom is -0.508 e. The van der Waals surface area contributed by atoms with Gasteiger partial charge in [-0.05, 0) is 32.9 Å². The molecule has 0 spiro atoms. The summed E-state index contributed by atoms with van der Waals surface area (Å²) in [4.78, 5) is 28.2. The Balaban J connectivity index is 1.33. The molecule has 2 aliphatic heterocycles. The Morgan fingerprint density at radius 3 is 2.51 bits per heavy atom. The molecule has 12 nitrogen and oxygen atoms in total. The molecule has 0 atom stereocenters. The zero-order valence-corrected chi connectivity index (χ0v) is 21.6. The van der Waals surface area contributed by atoms with Crippen LogP contribution in [0.1, 0.15) is 20.8 Å². The van der Waals surface area contributed by atoms with Gasteiger partial charge in [0.15, 0.2) is 22.8 Å². The van der Waals surface area contributed by atoms with E-state index in [0.717, 1.165) is 31.0 Å². The molecule has 0 aliphatic carbocycles. The summed E-state index contributed by atoms with van der Waals surface area (Å²) in [5, 5.41) is 18.9. The van der Waals surface area contributed by atoms with Crippen LogP contribution in [0.5, 0.6) is 5.75 Å². The fourth-order valence-corrected chi connectivity index (χ4v) is 4.48. The van der Waals surface area contributed by atoms with E-state index in [1.54, 1.807) is 23.1 Å². The maximum absolute atomic E-state index is 12.4. The summed E-state index contributed by atoms with van der Waals surface area (Å²) >= 11 is 0. The molecule has 3 aromatic rings. The number of aromatic hydroxyl groups is 1. The SMILES string of the molecule is CC(C)(C)OC(=O)N1CCN(CCn2nnc3c(N4CCOCC4)nc(-c4cccc(O)c4)nc32)CC1. The molecule has 5 rings (SSSR count). The highest BCUT2D eigenvalue weighted by atomic mass is 16.6. The maximum atomic E-state index is 12.4. The second-order valence-electron chi connectivity index (χ2n) is 10.3. The van der Waals surface area contributed by atoms with E-state index >= 15 is 0 Å². The summed E-state index contributed by atoms with van der Waals surface area (Å²) < 4.78 is 12.8. The van der Waals surface area contributed by atoms with Gasteiger partial charge in [0.1, 0.15) is 11.4 Å². The van der Waals surface area contributed by atoms with Crippen LogP contribution in [0, 0.1) is 0 Å². The van der Waals surface area contributed by atoms with Crippen molar-refractivity contribution in [1.82, 2.24) is 34.8 Å². The number of nitrogens with zero attached hydrogens (tertiary/aromatic N) is 8. The minimum absolute atomic E-state index is 0.159. The van der Waals surface area contributed by atoms with Crippen LogP contribution in [0.4, 0.5) is 10.6 Å². The van der Waals surface area contributed by atoms with Gasteiger partial charge in [0.25, 0.3) is 0 Å². The summed E-state index contributed by atoms with van der Waals surface area (Å²) in [6.07, 6.45) is -0.263. The van der Waals surface area contributed by atoms with E-state index < -0.39 is 5.60 Å². The van der Waals surface area contributed by atoms with E-state index in [-0.39, 0.29) is 11.8 Å². The minimum atomic E-state index is -0.498. The Kier molecular flexibility index (Phi) is 7.11. The molecule has 2 fully saturated rings. The average molecular weight is 511 g/mol. The second kappa shape index (κ2) is 10.5. The van der Waals surface area contributed by atoms with E-state index in [4.69, 9.17) is 19.4 Å². The van der Waals surface area contributed by atoms with Gasteiger partial charge in [0.2, 0.25) is 0 Å². The lowest BCUT2D eigenvalue weighted by molar-refractivity contribution is 0.0142. The lowest BCUT2D eigenvalue weighted by Gasteiger charge is -2.35. The number of carbonyl (C=O) groups excluding carboxylic acids is 1. The Bertz CT molecular complexity index is 1240. The van der Waals surface area contributed by atoms with Crippen LogP contribution < -0.4 is 4.90 Å². The van der Waals surface area contributed by atoms with Gasteiger partial charge in [0, 0.05) is 51.4 Å². The van der Waals surface area contributed by atoms with Gasteiger partial charge < -0.3 is 24.4 Å². The normalized spacial score (nSPS) is 17.4. The number of fused-ring (bicyclic) bond motifs is 1. The number of carbonyl (C=O) groups is 1. The first-order valence-corrected chi connectivity index (χ1v) is 12.7. The quantitative estimate of drug-likeness (QED) is 0.545. The standard InChI is InChI=1S/C25H34N8O4/c1-25(2,3)37-24(35)32-10-7-30(8-11-32)9-12-33-23-20(28-29-33)22(31-13-15-36-16-14-31)26-21(27-23)18-5-4-6-19(34)17-18/h4-6,17,34H,7-16H2,1-3H3. The highest BCUT2D eigenvalue weighted by Gasteiger charge is 2.26. The fourth-order valence-electron chi connectivity index (χ4n) is 4.48. The van der Waals surface area contributed by atoms with Crippen LogP contribution in [0.15, 0.2) is 24.3 Å². The molecule has 2 aromatic heterocycles. The van der Waals surface area contributed by atoms with Crippen molar-refractivity contribution in [2.24, 2.45) is 0 Å². The Morgan fingerprint density at radius 1 is 1.05 bits per heavy atom. The maximum Gasteiger partial charge on any atom is 0.410 e. The van der Waals surface area contributed by atoms with Crippen molar-refractivity contribution in [2.45, 2.75) is 32.9 Å². The van der Waals surface area contributed by atoms with Gasteiger partial charge in [-0.25, -0.2) is 19.4 Å². The number of amides is 1. The van der Waals surface area contributed by atoms with Gasteiger partial charge in [-0.3, -0.25) is 4.90 Å². The second-order valence-corrected chi connectivity index (χ2v) is 10.3. The monoisotopic (exact) mass is 510 g/mol. The third-order valence-electron chi connectivity index (χ3n) is 6.41. The van der Waals surface area contributed by atoms with Crippen LogP contribution in [-0.2, 0) is 16.0 Å². The summed E-state index contributed by atoms with van der Waals surface area (Å²) in [6.45, 7) is 12.4. The number of piperazine rings is 1. The number of anilines is 1. The molecule has 12 heteroatoms. The molecule has 4 heterocycles. The van der Waals surface area contributed by atoms with E-state index in [9.17, 15) is 9.90 Å². The van der Waals surface area contributed by atoms with E-state index in [1.165, 1.54) is 0 Å². The first-order chi connectivity index (χ1) is 17.8. The smallest absolute Gasteiger partial charge is 0.410 e. The van der Waals surface area contributed by atoms with Crippen LogP contribution >= 0.6 is 0 Å². The predicted octanol–water partition coefficient (Wildman–Crippen LogP) is 1.98. The summed E-state index contributed by atoms with van der Waals surface area (Å²) in [5.41, 5.74) is 1.53. The highest BCUT2D eigenvalue weighted by molar-refractivity contribution is 5.85. The van der Waals surface area contributed by atoms with Crippen molar-refractivity contribution in [3.05, 3.63) is 24.3 Å². The molecular weight excluding hydrogens is 476 g/mol. The number of phenols is 1. The van der Waals surface area contributed by atoms with Crippen molar-refractivity contribution in [3.63, 3.8) is 0 Å². The molecule has 0 bridgehead atoms. The summed E-state index contributed by atoms with van der Waals surface area (Å²) in [7, 11) is 0. The number of rotatable bonds is 5. The van der Waals surface area contributed by atoms with E-state index in [1.807, 2.05) is 31.5 Å². The molecule has 2 aliphatic rings. The first-order valence-electron chi connectivity index (χ1n) is 12.7. The number of ether oxygens (including phenoxy) is 2. The van der Waals surface area contributed by atoms with Gasteiger partial charge in [-0.15, -0.1) is 5.10 Å². The van der Waals surface area contributed by atoms with Gasteiger partial charge in [-0.1, -0.05) is 17.3 Å². The highest BCUT2D eigenvalue weighted by Crippen LogP contribution is 2.28. The van der Waals surface area contributed by atoms with Crippen LogP contribution in [0.3, 0.4) is 0 Å². The number of hydrogen-bond donors (Lipinski definition) is 1. The Hall–Kier alpha value is -3.51. The lowest BCUT2D eigenvalue weighted by atomic mass is 10.2. The third kappa shape index (κ3) is 5.91. The molecule has 1 aromatic carbocycles. The number of benzene rings is 1. The molecule has 37 heavy (non-hydrogen) atoms. The molecule has 1 amide bonds. The number of phenolic OH excluding ortho intramolecular Hbond substituents is 1. The topological polar surface area (TPSA) is 122 Å². The lowest BCUT2D eigenvalue weighted by Crippen LogP contribution is -2.50. The van der Waals surface area contributed by atoms with Crippen LogP contribution in [-0.4, -0.2) is 111 Å². The van der Waals surface area contributed by atoms with Crippen LogP contribution in [0.2, 0.25) is 0 Å². The van der Waals surface area contributed by atoms with Gasteiger partial charge in [-0.2, -0.15) is 0 Å². The first kappa shape index (κ1) is 25.2. The zero-order chi connectivity index (χ0) is 26.0. The fraction of sp³-hybridized carbons (Fsp3) is 0.560. The number of morpholine rings is 1. The van der Waals surface area contributed by atoms with E-state index in [2.05, 4.69) is 20.1 Å². The van der Waals surface area contributed by atoms with Crippen LogP contribution in [0.25, 0.3) is 22.6 Å². The van der Waals surface area contributed by atoms with Crippen molar-refractivity contribution < 1.29 is 19.4 Å². The molecule has 0 radical (unpaired) electrons. The summed E-state index contributed by atoms with van der Waals surface area (Å²) in [6, 6.07) is 6.93. The largest absolute Gasteiger partial charge is 0.508 e. The third-order valence-corrected chi connectivity index (χ3v) is 6.41. The molecule has 0 unspecified atom stereocenters. The molecule has 0 saturated carbocycles. The van der Waals surface area contributed by atoms with Gasteiger partial charge in [0.05, 0.1) is 19.8 Å². The van der Waals surface area contributed by atoms with Crippen molar-refractivity contribution >= 4 is 23.1 Å². The molecule has 198 valence electrons. The molecule has 1 N–H and O–H groups in total. The number of hydrogen-bond acceptors (Lipinski definition) is 10. The molecule has 2 saturated heterocycles. The van der Waals surface area contributed by atoms with Crippen molar-refractivity contribution in [3.8, 4) is 17.1 Å². The predicted molar refractivity (Wildman–Crippen MR) is 137 cm³/mol. The van der Waals surface area contributed by atoms with Gasteiger partial charge >= 0.3 is 6.09 Å². The zero-order valence-electron chi connectivity index (χ0n) is 21.6. The Morgan fingerprint density at radius 2 is 1.81 bits per heavy atom. The Labute approximate surface area is 215 Å².